The molecule has 0 bridgehead atoms. The summed E-state index contributed by atoms with van der Waals surface area (Å²) in [6.45, 7) is 0.336. The molecule has 10 heteroatoms. The highest BCUT2D eigenvalue weighted by Gasteiger charge is 2.38. The van der Waals surface area contributed by atoms with Gasteiger partial charge in [-0.25, -0.2) is 4.79 Å². The van der Waals surface area contributed by atoms with E-state index in [9.17, 15) is 23.1 Å². The fourth-order valence-electron chi connectivity index (χ4n) is 3.52. The molecule has 0 radical (unpaired) electrons. The Morgan fingerprint density at radius 3 is 2.63 bits per heavy atom. The molecule has 1 amide bonds. The van der Waals surface area contributed by atoms with E-state index in [-0.39, 0.29) is 31.5 Å². The lowest BCUT2D eigenvalue weighted by molar-refractivity contribution is -0.149. The summed E-state index contributed by atoms with van der Waals surface area (Å²) in [5, 5.41) is 22.3. The highest BCUT2D eigenvalue weighted by atomic mass is 19.4. The Morgan fingerprint density at radius 1 is 1.17 bits per heavy atom. The number of amides is 1. The van der Waals surface area contributed by atoms with E-state index in [1.54, 1.807) is 6.07 Å². The number of halogens is 3. The van der Waals surface area contributed by atoms with Gasteiger partial charge in [0.15, 0.2) is 5.82 Å². The molecule has 0 spiro atoms. The first-order valence-electron chi connectivity index (χ1n) is 9.32. The number of carbonyl (C=O) groups excluding carboxylic acids is 1. The summed E-state index contributed by atoms with van der Waals surface area (Å²) in [5.41, 5.74) is -1.27. The molecule has 30 heavy (non-hydrogen) atoms. The van der Waals surface area contributed by atoms with E-state index < -0.39 is 23.4 Å². The van der Waals surface area contributed by atoms with Crippen LogP contribution in [0, 0.1) is 0 Å². The van der Waals surface area contributed by atoms with Crippen molar-refractivity contribution >= 4 is 22.8 Å². The molecule has 1 saturated heterocycles. The number of fused-ring (bicyclic) bond motifs is 1. The smallest absolute Gasteiger partial charge is 0.385 e. The monoisotopic (exact) mass is 420 g/mol. The zero-order valence-electron chi connectivity index (χ0n) is 15.7. The minimum absolute atomic E-state index is 0.118. The Kier molecular flexibility index (Phi) is 5.12. The molecule has 0 saturated carbocycles. The van der Waals surface area contributed by atoms with Gasteiger partial charge in [-0.15, -0.1) is 5.06 Å². The molecule has 158 valence electrons. The van der Waals surface area contributed by atoms with Crippen molar-refractivity contribution in [3.8, 4) is 0 Å². The number of rotatable bonds is 3. The number of nitrogens with zero attached hydrogens (tertiary/aromatic N) is 2. The summed E-state index contributed by atoms with van der Waals surface area (Å²) in [4.78, 5) is 17.5. The molecule has 2 heterocycles. The third-order valence-electron chi connectivity index (χ3n) is 5.18. The molecular formula is C20H19F3N4O3. The lowest BCUT2D eigenvalue weighted by Crippen LogP contribution is -2.44. The number of alkyl halides is 3. The SMILES string of the molecule is O=C(Nc1n[nH]c2ccccc12)ON1CCC(O)(c2cccc(C(F)(F)F)c2)CC1. The second-order valence-corrected chi connectivity index (χ2v) is 7.16. The minimum Gasteiger partial charge on any atom is -0.385 e. The van der Waals surface area contributed by atoms with E-state index >= 15 is 0 Å². The van der Waals surface area contributed by atoms with Crippen LogP contribution in [0.1, 0.15) is 24.0 Å². The van der Waals surface area contributed by atoms with E-state index in [0.717, 1.165) is 23.0 Å². The van der Waals surface area contributed by atoms with Gasteiger partial charge in [0.2, 0.25) is 0 Å². The molecule has 2 aromatic carbocycles. The number of aromatic amines is 1. The van der Waals surface area contributed by atoms with Crippen LogP contribution in [0.2, 0.25) is 0 Å². The summed E-state index contributed by atoms with van der Waals surface area (Å²) in [5.74, 6) is 0.327. The number of benzene rings is 2. The van der Waals surface area contributed by atoms with Gasteiger partial charge in [-0.05, 0) is 42.7 Å². The summed E-state index contributed by atoms with van der Waals surface area (Å²) in [7, 11) is 0. The van der Waals surface area contributed by atoms with Crippen molar-refractivity contribution in [2.24, 2.45) is 0 Å². The molecule has 1 aromatic heterocycles. The predicted octanol–water partition coefficient (Wildman–Crippen LogP) is 4.03. The first-order valence-corrected chi connectivity index (χ1v) is 9.32. The molecule has 1 aliphatic rings. The number of carbonyl (C=O) groups is 1. The van der Waals surface area contributed by atoms with Crippen molar-refractivity contribution in [2.45, 2.75) is 24.6 Å². The number of hydroxylamine groups is 2. The van der Waals surface area contributed by atoms with E-state index in [1.807, 2.05) is 18.2 Å². The molecule has 4 rings (SSSR count). The van der Waals surface area contributed by atoms with Crippen LogP contribution in [0.3, 0.4) is 0 Å². The van der Waals surface area contributed by atoms with E-state index in [4.69, 9.17) is 4.84 Å². The van der Waals surface area contributed by atoms with E-state index in [0.29, 0.717) is 5.82 Å². The van der Waals surface area contributed by atoms with Gasteiger partial charge in [-0.3, -0.25) is 10.4 Å². The average Bonchev–Trinajstić information content (AvgIpc) is 3.12. The zero-order valence-corrected chi connectivity index (χ0v) is 15.7. The molecule has 1 fully saturated rings. The Hall–Kier alpha value is -3.11. The Labute approximate surface area is 169 Å². The molecule has 7 nitrogen and oxygen atoms in total. The molecule has 1 aliphatic heterocycles. The maximum Gasteiger partial charge on any atom is 0.432 e. The maximum absolute atomic E-state index is 13.0. The second kappa shape index (κ2) is 7.62. The van der Waals surface area contributed by atoms with Crippen LogP contribution < -0.4 is 5.32 Å². The van der Waals surface area contributed by atoms with Crippen molar-refractivity contribution in [3.63, 3.8) is 0 Å². The number of para-hydroxylation sites is 1. The van der Waals surface area contributed by atoms with Crippen LogP contribution in [-0.2, 0) is 16.6 Å². The van der Waals surface area contributed by atoms with E-state index in [2.05, 4.69) is 15.5 Å². The van der Waals surface area contributed by atoms with Crippen molar-refractivity contribution < 1.29 is 27.9 Å². The number of piperidine rings is 1. The Bertz CT molecular complexity index is 1060. The molecule has 3 aromatic rings. The van der Waals surface area contributed by atoms with Gasteiger partial charge in [0.25, 0.3) is 0 Å². The largest absolute Gasteiger partial charge is 0.432 e. The Balaban J connectivity index is 1.37. The maximum atomic E-state index is 13.0. The first-order chi connectivity index (χ1) is 14.2. The molecule has 3 N–H and O–H groups in total. The quantitative estimate of drug-likeness (QED) is 0.595. The lowest BCUT2D eigenvalue weighted by Gasteiger charge is -2.37. The molecular weight excluding hydrogens is 401 g/mol. The number of aromatic nitrogens is 2. The summed E-state index contributed by atoms with van der Waals surface area (Å²) in [6, 6.07) is 11.9. The van der Waals surface area contributed by atoms with E-state index in [1.165, 1.54) is 17.2 Å². The van der Waals surface area contributed by atoms with Crippen LogP contribution in [0.15, 0.2) is 48.5 Å². The summed E-state index contributed by atoms with van der Waals surface area (Å²) >= 11 is 0. The first kappa shape index (κ1) is 20.2. The van der Waals surface area contributed by atoms with Crippen LogP contribution in [0.25, 0.3) is 10.9 Å². The van der Waals surface area contributed by atoms with Crippen molar-refractivity contribution in [1.82, 2.24) is 15.3 Å². The number of nitrogens with one attached hydrogen (secondary N) is 2. The van der Waals surface area contributed by atoms with Crippen LogP contribution >= 0.6 is 0 Å². The van der Waals surface area contributed by atoms with Gasteiger partial charge in [0.05, 0.1) is 16.7 Å². The predicted molar refractivity (Wildman–Crippen MR) is 102 cm³/mol. The third kappa shape index (κ3) is 4.10. The summed E-state index contributed by atoms with van der Waals surface area (Å²) < 4.78 is 38.9. The van der Waals surface area contributed by atoms with Gasteiger partial charge in [0, 0.05) is 18.5 Å². The highest BCUT2D eigenvalue weighted by molar-refractivity contribution is 5.96. The topological polar surface area (TPSA) is 90.5 Å². The fourth-order valence-corrected chi connectivity index (χ4v) is 3.52. The number of hydrogen-bond acceptors (Lipinski definition) is 5. The van der Waals surface area contributed by atoms with Gasteiger partial charge in [-0.2, -0.15) is 18.3 Å². The number of anilines is 1. The zero-order chi connectivity index (χ0) is 21.4. The lowest BCUT2D eigenvalue weighted by atomic mass is 9.84. The molecule has 0 atom stereocenters. The standard InChI is InChI=1S/C20H19F3N4O3/c21-20(22,23)14-5-3-4-13(12-14)19(29)8-10-27(11-9-19)30-18(28)24-17-15-6-1-2-7-16(15)25-26-17/h1-7,12,29H,8-11H2,(H2,24,25,26,28). The van der Waals surface area contributed by atoms with Gasteiger partial charge >= 0.3 is 12.3 Å². The van der Waals surface area contributed by atoms with Crippen LogP contribution in [0.5, 0.6) is 0 Å². The minimum atomic E-state index is -4.48. The molecule has 0 aliphatic carbocycles. The number of H-pyrrole nitrogens is 1. The van der Waals surface area contributed by atoms with Crippen molar-refractivity contribution in [2.75, 3.05) is 18.4 Å². The van der Waals surface area contributed by atoms with Crippen LogP contribution in [0.4, 0.5) is 23.8 Å². The molecule has 0 unspecified atom stereocenters. The van der Waals surface area contributed by atoms with Gasteiger partial charge in [-0.1, -0.05) is 24.3 Å². The highest BCUT2D eigenvalue weighted by Crippen LogP contribution is 2.36. The number of hydrogen-bond donors (Lipinski definition) is 3. The van der Waals surface area contributed by atoms with Gasteiger partial charge < -0.3 is 9.94 Å². The summed E-state index contributed by atoms with van der Waals surface area (Å²) in [6.07, 6.45) is -4.98. The van der Waals surface area contributed by atoms with Crippen molar-refractivity contribution in [3.05, 3.63) is 59.7 Å². The fraction of sp³-hybridized carbons (Fsp3) is 0.300. The average molecular weight is 420 g/mol. The normalized spacial score (nSPS) is 17.1. The van der Waals surface area contributed by atoms with Crippen molar-refractivity contribution in [1.29, 1.82) is 0 Å². The van der Waals surface area contributed by atoms with Gasteiger partial charge in [0.1, 0.15) is 0 Å². The van der Waals surface area contributed by atoms with Crippen LogP contribution in [-0.4, -0.2) is 39.5 Å². The number of aliphatic hydroxyl groups is 1. The Morgan fingerprint density at radius 2 is 1.90 bits per heavy atom. The second-order valence-electron chi connectivity index (χ2n) is 7.16. The third-order valence-corrected chi connectivity index (χ3v) is 5.18.